The van der Waals surface area contributed by atoms with Crippen LogP contribution in [-0.2, 0) is 4.74 Å². The Morgan fingerprint density at radius 1 is 0.958 bits per heavy atom. The average molecular weight is 337 g/mol. The van der Waals surface area contributed by atoms with E-state index in [0.29, 0.717) is 5.54 Å². The highest BCUT2D eigenvalue weighted by atomic mass is 16.5. The van der Waals surface area contributed by atoms with Crippen LogP contribution in [0.1, 0.15) is 73.6 Å². The van der Waals surface area contributed by atoms with E-state index in [4.69, 9.17) is 4.74 Å². The van der Waals surface area contributed by atoms with Gasteiger partial charge in [-0.05, 0) is 91.4 Å². The number of piperidine rings is 2. The summed E-state index contributed by atoms with van der Waals surface area (Å²) in [5, 5.41) is 0. The molecule has 2 saturated heterocycles. The van der Waals surface area contributed by atoms with Gasteiger partial charge in [0.25, 0.3) is 0 Å². The Bertz CT molecular complexity index is 415. The Balaban J connectivity index is 1.39. The second kappa shape index (κ2) is 6.89. The van der Waals surface area contributed by atoms with Gasteiger partial charge in [-0.25, -0.2) is 0 Å². The zero-order valence-corrected chi connectivity index (χ0v) is 17.0. The van der Waals surface area contributed by atoms with E-state index in [1.807, 2.05) is 0 Å². The highest BCUT2D eigenvalue weighted by molar-refractivity contribution is 5.01. The van der Waals surface area contributed by atoms with Gasteiger partial charge >= 0.3 is 0 Å². The topological polar surface area (TPSA) is 15.7 Å². The van der Waals surface area contributed by atoms with E-state index in [2.05, 4.69) is 51.3 Å². The minimum Gasteiger partial charge on any atom is -0.360 e. The molecule has 3 atom stereocenters. The molecule has 3 rings (SSSR count). The molecule has 2 heterocycles. The third-order valence-corrected chi connectivity index (χ3v) is 6.57. The standard InChI is InChI=1S/C21H40N2O/c1-20(2,3)23-14-18-13-19(23)12-17(18)11-16-7-9-22(10-8-16)15-24-21(4,5)6/h16-19H,7-15H2,1-6H3/t17?,18-,19+/m1/s1. The van der Waals surface area contributed by atoms with Crippen molar-refractivity contribution in [1.29, 1.82) is 0 Å². The van der Waals surface area contributed by atoms with Crippen molar-refractivity contribution in [2.24, 2.45) is 17.8 Å². The molecule has 0 radical (unpaired) electrons. The molecular weight excluding hydrogens is 296 g/mol. The number of hydrogen-bond donors (Lipinski definition) is 0. The summed E-state index contributed by atoms with van der Waals surface area (Å²) in [7, 11) is 0. The van der Waals surface area contributed by atoms with E-state index in [-0.39, 0.29) is 5.60 Å². The molecule has 2 bridgehead atoms. The first kappa shape index (κ1) is 18.7. The Labute approximate surface area is 150 Å². The molecule has 0 aromatic heterocycles. The van der Waals surface area contributed by atoms with Gasteiger partial charge in [0.15, 0.2) is 0 Å². The zero-order chi connectivity index (χ0) is 17.5. The van der Waals surface area contributed by atoms with Gasteiger partial charge in [0, 0.05) is 31.2 Å². The van der Waals surface area contributed by atoms with E-state index >= 15 is 0 Å². The lowest BCUT2D eigenvalue weighted by Gasteiger charge is -2.42. The van der Waals surface area contributed by atoms with Gasteiger partial charge in [0.05, 0.1) is 12.3 Å². The molecule has 3 fully saturated rings. The number of fused-ring (bicyclic) bond motifs is 2. The van der Waals surface area contributed by atoms with Crippen LogP contribution in [0.2, 0.25) is 0 Å². The second-order valence-electron chi connectivity index (χ2n) is 10.7. The van der Waals surface area contributed by atoms with Crippen LogP contribution in [0.3, 0.4) is 0 Å². The van der Waals surface area contributed by atoms with Gasteiger partial charge in [-0.15, -0.1) is 0 Å². The molecule has 0 aromatic carbocycles. The molecule has 0 aromatic rings. The van der Waals surface area contributed by atoms with E-state index in [9.17, 15) is 0 Å². The van der Waals surface area contributed by atoms with Gasteiger partial charge in [-0.3, -0.25) is 9.80 Å². The molecule has 0 spiro atoms. The first-order valence-corrected chi connectivity index (χ1v) is 10.2. The van der Waals surface area contributed by atoms with Crippen molar-refractivity contribution in [2.45, 2.75) is 90.8 Å². The summed E-state index contributed by atoms with van der Waals surface area (Å²) in [6.07, 6.45) is 7.19. The lowest BCUT2D eigenvalue weighted by Crippen LogP contribution is -2.47. The summed E-state index contributed by atoms with van der Waals surface area (Å²) in [6.45, 7) is 18.2. The maximum Gasteiger partial charge on any atom is 0.0997 e. The van der Waals surface area contributed by atoms with Crippen molar-refractivity contribution in [3.8, 4) is 0 Å². The van der Waals surface area contributed by atoms with E-state index < -0.39 is 0 Å². The Morgan fingerprint density at radius 3 is 2.12 bits per heavy atom. The molecular formula is C21H40N2O. The molecule has 0 amide bonds. The normalized spacial score (nSPS) is 33.5. The average Bonchev–Trinajstić information content (AvgIpc) is 3.05. The van der Waals surface area contributed by atoms with E-state index in [1.165, 1.54) is 51.7 Å². The third-order valence-electron chi connectivity index (χ3n) is 6.57. The number of rotatable bonds is 4. The van der Waals surface area contributed by atoms with Crippen molar-refractivity contribution in [2.75, 3.05) is 26.4 Å². The van der Waals surface area contributed by atoms with Gasteiger partial charge in [-0.1, -0.05) is 0 Å². The lowest BCUT2D eigenvalue weighted by molar-refractivity contribution is -0.0721. The number of hydrogen-bond acceptors (Lipinski definition) is 3. The van der Waals surface area contributed by atoms with Gasteiger partial charge in [-0.2, -0.15) is 0 Å². The molecule has 3 nitrogen and oxygen atoms in total. The van der Waals surface area contributed by atoms with Crippen LogP contribution in [0.4, 0.5) is 0 Å². The summed E-state index contributed by atoms with van der Waals surface area (Å²) in [6, 6.07) is 0.875. The van der Waals surface area contributed by atoms with Crippen LogP contribution in [-0.4, -0.2) is 53.3 Å². The second-order valence-corrected chi connectivity index (χ2v) is 10.7. The van der Waals surface area contributed by atoms with Crippen LogP contribution >= 0.6 is 0 Å². The smallest absolute Gasteiger partial charge is 0.0997 e. The number of nitrogens with zero attached hydrogens (tertiary/aromatic N) is 2. The fourth-order valence-corrected chi connectivity index (χ4v) is 5.23. The monoisotopic (exact) mass is 336 g/mol. The minimum atomic E-state index is -0.0150. The fourth-order valence-electron chi connectivity index (χ4n) is 5.23. The molecule has 1 unspecified atom stereocenters. The Hall–Kier alpha value is -0.120. The maximum absolute atomic E-state index is 5.94. The summed E-state index contributed by atoms with van der Waals surface area (Å²) < 4.78 is 5.94. The molecule has 140 valence electrons. The molecule has 1 aliphatic carbocycles. The van der Waals surface area contributed by atoms with Crippen LogP contribution < -0.4 is 0 Å². The largest absolute Gasteiger partial charge is 0.360 e. The molecule has 3 aliphatic rings. The van der Waals surface area contributed by atoms with Crippen LogP contribution in [0, 0.1) is 17.8 Å². The lowest BCUT2D eigenvalue weighted by atomic mass is 9.81. The highest BCUT2D eigenvalue weighted by Crippen LogP contribution is 2.47. The van der Waals surface area contributed by atoms with Crippen molar-refractivity contribution in [3.63, 3.8) is 0 Å². The number of ether oxygens (including phenoxy) is 1. The predicted octanol–water partition coefficient (Wildman–Crippen LogP) is 4.37. The van der Waals surface area contributed by atoms with Crippen molar-refractivity contribution in [3.05, 3.63) is 0 Å². The fraction of sp³-hybridized carbons (Fsp3) is 1.00. The Kier molecular flexibility index (Phi) is 5.36. The molecule has 1 saturated carbocycles. The molecule has 24 heavy (non-hydrogen) atoms. The third kappa shape index (κ3) is 4.53. The van der Waals surface area contributed by atoms with Gasteiger partial charge < -0.3 is 4.74 Å². The van der Waals surface area contributed by atoms with Crippen molar-refractivity contribution >= 4 is 0 Å². The molecule has 2 aliphatic heterocycles. The number of likely N-dealkylation sites (tertiary alicyclic amines) is 2. The van der Waals surface area contributed by atoms with E-state index in [0.717, 1.165) is 30.5 Å². The minimum absolute atomic E-state index is 0.0150. The van der Waals surface area contributed by atoms with Gasteiger partial charge in [0.2, 0.25) is 0 Å². The molecule has 0 N–H and O–H groups in total. The van der Waals surface area contributed by atoms with Crippen LogP contribution in [0.25, 0.3) is 0 Å². The summed E-state index contributed by atoms with van der Waals surface area (Å²) >= 11 is 0. The maximum atomic E-state index is 5.94. The summed E-state index contributed by atoms with van der Waals surface area (Å²) in [5.74, 6) is 2.95. The van der Waals surface area contributed by atoms with Crippen LogP contribution in [0.15, 0.2) is 0 Å². The SMILES string of the molecule is CC(C)(C)OCN1CCC(CC2C[C@H]3C[C@@H]2CN3C(C)(C)C)CC1. The van der Waals surface area contributed by atoms with Crippen molar-refractivity contribution < 1.29 is 4.74 Å². The van der Waals surface area contributed by atoms with E-state index in [1.54, 1.807) is 0 Å². The van der Waals surface area contributed by atoms with Crippen molar-refractivity contribution in [1.82, 2.24) is 9.80 Å². The summed E-state index contributed by atoms with van der Waals surface area (Å²) in [4.78, 5) is 5.28. The van der Waals surface area contributed by atoms with Gasteiger partial charge in [0.1, 0.15) is 0 Å². The highest BCUT2D eigenvalue weighted by Gasteiger charge is 2.47. The first-order valence-electron chi connectivity index (χ1n) is 10.2. The zero-order valence-electron chi connectivity index (χ0n) is 17.0. The van der Waals surface area contributed by atoms with Crippen LogP contribution in [0.5, 0.6) is 0 Å². The predicted molar refractivity (Wildman–Crippen MR) is 101 cm³/mol. The quantitative estimate of drug-likeness (QED) is 0.758. The Morgan fingerprint density at radius 2 is 1.62 bits per heavy atom. The first-order chi connectivity index (χ1) is 11.1. The summed E-state index contributed by atoms with van der Waals surface area (Å²) in [5.41, 5.74) is 0.349. The molecule has 3 heteroatoms.